The van der Waals surface area contributed by atoms with Gasteiger partial charge in [0.1, 0.15) is 0 Å². The quantitative estimate of drug-likeness (QED) is 0.468. The van der Waals surface area contributed by atoms with E-state index in [4.69, 9.17) is 0 Å². The zero-order valence-corrected chi connectivity index (χ0v) is 7.21. The molecular formula is C9H16N2. The Hall–Kier alpha value is -0.340. The first-order valence-corrected chi connectivity index (χ1v) is 4.35. The van der Waals surface area contributed by atoms with E-state index < -0.39 is 0 Å². The highest BCUT2D eigenvalue weighted by atomic mass is 15.3. The SMILES string of the molecule is C=C1CC2CN(C)CCN2C1. The summed E-state index contributed by atoms with van der Waals surface area (Å²) in [5.41, 5.74) is 1.42. The highest BCUT2D eigenvalue weighted by molar-refractivity contribution is 5.09. The molecular weight excluding hydrogens is 136 g/mol. The van der Waals surface area contributed by atoms with Gasteiger partial charge in [-0.1, -0.05) is 12.2 Å². The van der Waals surface area contributed by atoms with Gasteiger partial charge in [-0.25, -0.2) is 0 Å². The molecule has 0 bridgehead atoms. The van der Waals surface area contributed by atoms with Crippen LogP contribution in [0.4, 0.5) is 0 Å². The summed E-state index contributed by atoms with van der Waals surface area (Å²) in [5.74, 6) is 0. The topological polar surface area (TPSA) is 6.48 Å². The van der Waals surface area contributed by atoms with E-state index in [1.54, 1.807) is 0 Å². The fourth-order valence-electron chi connectivity index (χ4n) is 2.14. The first-order valence-electron chi connectivity index (χ1n) is 4.35. The fraction of sp³-hybridized carbons (Fsp3) is 0.778. The van der Waals surface area contributed by atoms with Crippen LogP contribution < -0.4 is 0 Å². The molecule has 2 heteroatoms. The molecule has 11 heavy (non-hydrogen) atoms. The van der Waals surface area contributed by atoms with Crippen molar-refractivity contribution in [2.24, 2.45) is 0 Å². The smallest absolute Gasteiger partial charge is 0.0264 e. The number of rotatable bonds is 0. The molecule has 2 nitrogen and oxygen atoms in total. The molecule has 0 aromatic rings. The van der Waals surface area contributed by atoms with E-state index in [2.05, 4.69) is 23.4 Å². The van der Waals surface area contributed by atoms with Crippen LogP contribution in [0.5, 0.6) is 0 Å². The monoisotopic (exact) mass is 152 g/mol. The minimum atomic E-state index is 0.779. The third kappa shape index (κ3) is 1.33. The van der Waals surface area contributed by atoms with Crippen LogP contribution in [0.3, 0.4) is 0 Å². The maximum absolute atomic E-state index is 4.04. The van der Waals surface area contributed by atoms with Gasteiger partial charge in [0.15, 0.2) is 0 Å². The molecule has 0 saturated carbocycles. The van der Waals surface area contributed by atoms with Gasteiger partial charge in [-0.3, -0.25) is 4.90 Å². The molecule has 2 aliphatic heterocycles. The van der Waals surface area contributed by atoms with E-state index in [0.717, 1.165) is 12.6 Å². The molecule has 0 radical (unpaired) electrons. The Morgan fingerprint density at radius 2 is 2.27 bits per heavy atom. The van der Waals surface area contributed by atoms with Crippen LogP contribution in [0.15, 0.2) is 12.2 Å². The summed E-state index contributed by atoms with van der Waals surface area (Å²) in [4.78, 5) is 4.97. The summed E-state index contributed by atoms with van der Waals surface area (Å²) >= 11 is 0. The van der Waals surface area contributed by atoms with Crippen molar-refractivity contribution in [3.8, 4) is 0 Å². The Labute approximate surface area is 68.5 Å². The van der Waals surface area contributed by atoms with Gasteiger partial charge in [-0.2, -0.15) is 0 Å². The van der Waals surface area contributed by atoms with Crippen LogP contribution in [-0.4, -0.2) is 49.1 Å². The molecule has 1 unspecified atom stereocenters. The Balaban J connectivity index is 2.02. The van der Waals surface area contributed by atoms with Crippen LogP contribution in [0.2, 0.25) is 0 Å². The molecule has 0 spiro atoms. The number of piperazine rings is 1. The molecule has 2 saturated heterocycles. The van der Waals surface area contributed by atoms with Crippen molar-refractivity contribution in [3.05, 3.63) is 12.2 Å². The summed E-state index contributed by atoms with van der Waals surface area (Å²) in [6, 6.07) is 0.779. The minimum Gasteiger partial charge on any atom is -0.304 e. The average Bonchev–Trinajstić information content (AvgIpc) is 2.27. The Bertz CT molecular complexity index is 176. The highest BCUT2D eigenvalue weighted by Crippen LogP contribution is 2.23. The van der Waals surface area contributed by atoms with Gasteiger partial charge >= 0.3 is 0 Å². The second kappa shape index (κ2) is 2.61. The lowest BCUT2D eigenvalue weighted by Gasteiger charge is -2.34. The molecule has 0 aliphatic carbocycles. The number of likely N-dealkylation sites (N-methyl/N-ethyl adjacent to an activating group) is 1. The molecule has 62 valence electrons. The van der Waals surface area contributed by atoms with Crippen molar-refractivity contribution in [1.82, 2.24) is 9.80 Å². The van der Waals surface area contributed by atoms with E-state index in [0.29, 0.717) is 0 Å². The van der Waals surface area contributed by atoms with Crippen molar-refractivity contribution < 1.29 is 0 Å². The van der Waals surface area contributed by atoms with Crippen molar-refractivity contribution in [3.63, 3.8) is 0 Å². The molecule has 1 atom stereocenters. The molecule has 0 N–H and O–H groups in total. The standard InChI is InChI=1S/C9H16N2/c1-8-5-9-7-10(2)3-4-11(9)6-8/h9H,1,3-7H2,2H3. The summed E-state index contributed by atoms with van der Waals surface area (Å²) in [7, 11) is 2.21. The Kier molecular flexibility index (Phi) is 1.74. The van der Waals surface area contributed by atoms with Crippen LogP contribution in [0.25, 0.3) is 0 Å². The maximum atomic E-state index is 4.04. The molecule has 0 aromatic heterocycles. The molecule has 2 aliphatic rings. The second-order valence-electron chi connectivity index (χ2n) is 3.84. The normalized spacial score (nSPS) is 34.3. The van der Waals surface area contributed by atoms with E-state index in [1.807, 2.05) is 0 Å². The van der Waals surface area contributed by atoms with Gasteiger partial charge in [-0.05, 0) is 13.5 Å². The third-order valence-electron chi connectivity index (χ3n) is 2.76. The van der Waals surface area contributed by atoms with E-state index in [9.17, 15) is 0 Å². The summed E-state index contributed by atoms with van der Waals surface area (Å²) in [5, 5.41) is 0. The third-order valence-corrected chi connectivity index (χ3v) is 2.76. The van der Waals surface area contributed by atoms with E-state index in [1.165, 1.54) is 31.6 Å². The second-order valence-corrected chi connectivity index (χ2v) is 3.84. The number of hydrogen-bond donors (Lipinski definition) is 0. The van der Waals surface area contributed by atoms with E-state index >= 15 is 0 Å². The van der Waals surface area contributed by atoms with Crippen molar-refractivity contribution in [2.45, 2.75) is 12.5 Å². The van der Waals surface area contributed by atoms with Crippen molar-refractivity contribution in [1.29, 1.82) is 0 Å². The van der Waals surface area contributed by atoms with Crippen LogP contribution >= 0.6 is 0 Å². The van der Waals surface area contributed by atoms with Crippen LogP contribution in [0, 0.1) is 0 Å². The maximum Gasteiger partial charge on any atom is 0.0264 e. The molecule has 0 amide bonds. The fourth-order valence-corrected chi connectivity index (χ4v) is 2.14. The zero-order valence-electron chi connectivity index (χ0n) is 7.21. The van der Waals surface area contributed by atoms with Gasteiger partial charge < -0.3 is 4.90 Å². The number of hydrogen-bond acceptors (Lipinski definition) is 2. The average molecular weight is 152 g/mol. The largest absolute Gasteiger partial charge is 0.304 e. The lowest BCUT2D eigenvalue weighted by Crippen LogP contribution is -2.48. The molecule has 2 fully saturated rings. The first kappa shape index (κ1) is 7.32. The summed E-state index contributed by atoms with van der Waals surface area (Å²) in [6.45, 7) is 8.89. The van der Waals surface area contributed by atoms with Crippen molar-refractivity contribution in [2.75, 3.05) is 33.2 Å². The van der Waals surface area contributed by atoms with Gasteiger partial charge in [0.2, 0.25) is 0 Å². The van der Waals surface area contributed by atoms with Crippen LogP contribution in [-0.2, 0) is 0 Å². The van der Waals surface area contributed by atoms with Gasteiger partial charge in [0.25, 0.3) is 0 Å². The highest BCUT2D eigenvalue weighted by Gasteiger charge is 2.30. The predicted octanol–water partition coefficient (Wildman–Crippen LogP) is 0.562. The minimum absolute atomic E-state index is 0.779. The first-order chi connectivity index (χ1) is 5.25. The number of fused-ring (bicyclic) bond motifs is 1. The lowest BCUT2D eigenvalue weighted by molar-refractivity contribution is 0.125. The van der Waals surface area contributed by atoms with E-state index in [-0.39, 0.29) is 0 Å². The van der Waals surface area contributed by atoms with Gasteiger partial charge in [0, 0.05) is 32.2 Å². The molecule has 2 heterocycles. The summed E-state index contributed by atoms with van der Waals surface area (Å²) in [6.07, 6.45) is 1.23. The summed E-state index contributed by atoms with van der Waals surface area (Å²) < 4.78 is 0. The predicted molar refractivity (Wildman–Crippen MR) is 46.6 cm³/mol. The zero-order chi connectivity index (χ0) is 7.84. The van der Waals surface area contributed by atoms with Gasteiger partial charge in [-0.15, -0.1) is 0 Å². The Morgan fingerprint density at radius 3 is 3.09 bits per heavy atom. The molecule has 2 rings (SSSR count). The van der Waals surface area contributed by atoms with Gasteiger partial charge in [0.05, 0.1) is 0 Å². The van der Waals surface area contributed by atoms with Crippen molar-refractivity contribution >= 4 is 0 Å². The number of nitrogens with zero attached hydrogens (tertiary/aromatic N) is 2. The Morgan fingerprint density at radius 1 is 1.45 bits per heavy atom. The van der Waals surface area contributed by atoms with Crippen LogP contribution in [0.1, 0.15) is 6.42 Å². The lowest BCUT2D eigenvalue weighted by atomic mass is 10.1. The molecule has 0 aromatic carbocycles.